The summed E-state index contributed by atoms with van der Waals surface area (Å²) >= 11 is 3.43. The van der Waals surface area contributed by atoms with E-state index in [9.17, 15) is 4.79 Å². The minimum Gasteiger partial charge on any atom is -0.479 e. The molecule has 20 heavy (non-hydrogen) atoms. The fourth-order valence-electron chi connectivity index (χ4n) is 1.60. The second-order valence-electron chi connectivity index (χ2n) is 5.42. The molecule has 1 aromatic carbocycles. The lowest BCUT2D eigenvalue weighted by molar-refractivity contribution is -0.129. The molecule has 3 N–H and O–H groups in total. The number of ether oxygens (including phenoxy) is 1. The minimum atomic E-state index is -0.579. The summed E-state index contributed by atoms with van der Waals surface area (Å²) in [7, 11) is 0. The zero-order valence-electron chi connectivity index (χ0n) is 12.5. The molecular weight excluding hydrogens is 320 g/mol. The molecule has 4 nitrogen and oxygen atoms in total. The minimum absolute atomic E-state index is 0.129. The normalized spacial score (nSPS) is 12.9. The number of hydrogen-bond donors (Lipinski definition) is 2. The molecule has 0 fully saturated rings. The third kappa shape index (κ3) is 4.49. The van der Waals surface area contributed by atoms with Crippen LogP contribution >= 0.6 is 15.9 Å². The number of halogens is 1. The Bertz CT molecular complexity index is 475. The smallest absolute Gasteiger partial charge is 0.261 e. The van der Waals surface area contributed by atoms with Gasteiger partial charge in [0.2, 0.25) is 0 Å². The molecule has 1 unspecified atom stereocenters. The highest BCUT2D eigenvalue weighted by atomic mass is 79.9. The Labute approximate surface area is 129 Å². The van der Waals surface area contributed by atoms with Crippen LogP contribution in [-0.4, -0.2) is 17.6 Å². The van der Waals surface area contributed by atoms with Crippen LogP contribution in [0.2, 0.25) is 0 Å². The molecule has 0 spiro atoms. The first-order valence-corrected chi connectivity index (χ1v) is 7.56. The number of hydrogen-bond acceptors (Lipinski definition) is 3. The maximum Gasteiger partial charge on any atom is 0.261 e. The average molecular weight is 343 g/mol. The van der Waals surface area contributed by atoms with Crippen molar-refractivity contribution in [3.05, 3.63) is 28.2 Å². The lowest BCUT2D eigenvalue weighted by Gasteiger charge is -2.27. The number of benzene rings is 1. The van der Waals surface area contributed by atoms with Crippen molar-refractivity contribution in [1.82, 2.24) is 5.32 Å². The second kappa shape index (κ2) is 7.09. The van der Waals surface area contributed by atoms with Crippen molar-refractivity contribution in [2.75, 3.05) is 0 Å². The van der Waals surface area contributed by atoms with Gasteiger partial charge >= 0.3 is 0 Å². The topological polar surface area (TPSA) is 64.3 Å². The van der Waals surface area contributed by atoms with Crippen LogP contribution in [0.3, 0.4) is 0 Å². The van der Waals surface area contributed by atoms with Gasteiger partial charge in [0.15, 0.2) is 6.10 Å². The highest BCUT2D eigenvalue weighted by Crippen LogP contribution is 2.29. The quantitative estimate of drug-likeness (QED) is 0.835. The Morgan fingerprint density at radius 2 is 2.15 bits per heavy atom. The number of para-hydroxylation sites is 1. The number of nitrogens with two attached hydrogens (primary N) is 1. The molecule has 0 aromatic heterocycles. The molecule has 0 aliphatic rings. The first kappa shape index (κ1) is 17.0. The predicted octanol–water partition coefficient (Wildman–Crippen LogP) is 2.98. The van der Waals surface area contributed by atoms with E-state index in [0.717, 1.165) is 16.5 Å². The van der Waals surface area contributed by atoms with E-state index in [0.29, 0.717) is 12.3 Å². The molecule has 0 saturated carbocycles. The van der Waals surface area contributed by atoms with Crippen LogP contribution in [0.15, 0.2) is 22.7 Å². The number of carbonyl (C=O) groups is 1. The molecule has 5 heteroatoms. The number of nitrogens with one attached hydrogen (secondary N) is 1. The maximum atomic E-state index is 12.2. The van der Waals surface area contributed by atoms with E-state index in [-0.39, 0.29) is 11.4 Å². The molecule has 0 aliphatic carbocycles. The second-order valence-corrected chi connectivity index (χ2v) is 6.27. The molecule has 1 atom stereocenters. The summed E-state index contributed by atoms with van der Waals surface area (Å²) in [5.74, 6) is 0.502. The Morgan fingerprint density at radius 1 is 1.50 bits per heavy atom. The highest BCUT2D eigenvalue weighted by Gasteiger charge is 2.23. The molecule has 0 saturated heterocycles. The van der Waals surface area contributed by atoms with Gasteiger partial charge in [-0.15, -0.1) is 0 Å². The molecular formula is C15H23BrN2O2. The van der Waals surface area contributed by atoms with Gasteiger partial charge in [-0.05, 0) is 49.2 Å². The third-order valence-corrected chi connectivity index (χ3v) is 3.90. The van der Waals surface area contributed by atoms with Gasteiger partial charge in [-0.25, -0.2) is 0 Å². The predicted molar refractivity (Wildman–Crippen MR) is 84.6 cm³/mol. The van der Waals surface area contributed by atoms with Crippen LogP contribution in [-0.2, 0) is 11.3 Å². The molecule has 0 radical (unpaired) electrons. The van der Waals surface area contributed by atoms with Crippen LogP contribution in [0, 0.1) is 0 Å². The summed E-state index contributed by atoms with van der Waals surface area (Å²) < 4.78 is 6.58. The Kier molecular flexibility index (Phi) is 6.02. The van der Waals surface area contributed by atoms with Gasteiger partial charge in [-0.1, -0.05) is 19.1 Å². The summed E-state index contributed by atoms with van der Waals surface area (Å²) in [5, 5.41) is 2.97. The van der Waals surface area contributed by atoms with Crippen molar-refractivity contribution in [2.24, 2.45) is 5.73 Å². The third-order valence-electron chi connectivity index (χ3n) is 3.28. The molecule has 1 aromatic rings. The molecule has 0 bridgehead atoms. The van der Waals surface area contributed by atoms with E-state index in [4.69, 9.17) is 10.5 Å². The van der Waals surface area contributed by atoms with Crippen molar-refractivity contribution in [2.45, 2.75) is 52.3 Å². The summed E-state index contributed by atoms with van der Waals surface area (Å²) in [4.78, 5) is 12.2. The first-order valence-electron chi connectivity index (χ1n) is 6.77. The zero-order chi connectivity index (χ0) is 15.3. The number of rotatable bonds is 6. The molecule has 1 amide bonds. The Balaban J connectivity index is 2.81. The van der Waals surface area contributed by atoms with Crippen LogP contribution < -0.4 is 15.8 Å². The van der Waals surface area contributed by atoms with E-state index in [1.807, 2.05) is 39.0 Å². The van der Waals surface area contributed by atoms with Gasteiger partial charge in [0.05, 0.1) is 4.47 Å². The van der Waals surface area contributed by atoms with Crippen LogP contribution in [0.5, 0.6) is 5.75 Å². The molecule has 112 valence electrons. The van der Waals surface area contributed by atoms with Crippen LogP contribution in [0.25, 0.3) is 0 Å². The van der Waals surface area contributed by atoms with Crippen LogP contribution in [0.4, 0.5) is 0 Å². The summed E-state index contributed by atoms with van der Waals surface area (Å²) in [6.07, 6.45) is 0.277. The van der Waals surface area contributed by atoms with Gasteiger partial charge in [-0.3, -0.25) is 4.79 Å². The summed E-state index contributed by atoms with van der Waals surface area (Å²) in [6, 6.07) is 5.65. The number of amides is 1. The SMILES string of the molecule is CCC(C)(C)NC(=O)C(C)Oc1c(Br)cccc1CN. The van der Waals surface area contributed by atoms with Crippen molar-refractivity contribution in [1.29, 1.82) is 0 Å². The van der Waals surface area contributed by atoms with Crippen molar-refractivity contribution >= 4 is 21.8 Å². The Hall–Kier alpha value is -1.07. The summed E-state index contributed by atoms with van der Waals surface area (Å²) in [6.45, 7) is 8.11. The average Bonchev–Trinajstić information content (AvgIpc) is 2.40. The van der Waals surface area contributed by atoms with E-state index in [1.165, 1.54) is 0 Å². The fraction of sp³-hybridized carbons (Fsp3) is 0.533. The lowest BCUT2D eigenvalue weighted by Crippen LogP contribution is -2.48. The van der Waals surface area contributed by atoms with Gasteiger partial charge in [0.25, 0.3) is 5.91 Å². The number of carbonyl (C=O) groups excluding carboxylic acids is 1. The molecule has 1 rings (SSSR count). The van der Waals surface area contributed by atoms with Crippen molar-refractivity contribution in [3.8, 4) is 5.75 Å². The van der Waals surface area contributed by atoms with Gasteiger partial charge in [-0.2, -0.15) is 0 Å². The van der Waals surface area contributed by atoms with Gasteiger partial charge in [0, 0.05) is 17.6 Å². The monoisotopic (exact) mass is 342 g/mol. The van der Waals surface area contributed by atoms with Crippen molar-refractivity contribution < 1.29 is 9.53 Å². The van der Waals surface area contributed by atoms with Crippen molar-refractivity contribution in [3.63, 3.8) is 0 Å². The molecule has 0 heterocycles. The van der Waals surface area contributed by atoms with E-state index in [2.05, 4.69) is 21.2 Å². The zero-order valence-corrected chi connectivity index (χ0v) is 14.1. The van der Waals surface area contributed by atoms with E-state index < -0.39 is 6.10 Å². The highest BCUT2D eigenvalue weighted by molar-refractivity contribution is 9.10. The van der Waals surface area contributed by atoms with E-state index in [1.54, 1.807) is 6.92 Å². The fourth-order valence-corrected chi connectivity index (χ4v) is 2.10. The first-order chi connectivity index (χ1) is 9.30. The Morgan fingerprint density at radius 3 is 2.70 bits per heavy atom. The van der Waals surface area contributed by atoms with Gasteiger partial charge < -0.3 is 15.8 Å². The lowest BCUT2D eigenvalue weighted by atomic mass is 10.0. The van der Waals surface area contributed by atoms with E-state index >= 15 is 0 Å². The summed E-state index contributed by atoms with van der Waals surface area (Å²) in [5.41, 5.74) is 6.33. The standard InChI is InChI=1S/C15H23BrN2O2/c1-5-15(3,4)18-14(19)10(2)20-13-11(9-17)7-6-8-12(13)16/h6-8,10H,5,9,17H2,1-4H3,(H,18,19). The molecule has 0 aliphatic heterocycles. The van der Waals surface area contributed by atoms with Crippen LogP contribution in [0.1, 0.15) is 39.7 Å². The maximum absolute atomic E-state index is 12.2. The largest absolute Gasteiger partial charge is 0.479 e. The van der Waals surface area contributed by atoms with Gasteiger partial charge in [0.1, 0.15) is 5.75 Å².